The van der Waals surface area contributed by atoms with Crippen LogP contribution in [0.3, 0.4) is 0 Å². The van der Waals surface area contributed by atoms with E-state index in [1.165, 1.54) is 22.7 Å². The summed E-state index contributed by atoms with van der Waals surface area (Å²) >= 11 is 1.76. The second-order valence-electron chi connectivity index (χ2n) is 7.82. The van der Waals surface area contributed by atoms with Crippen LogP contribution >= 0.6 is 11.3 Å². The quantitative estimate of drug-likeness (QED) is 0.775. The number of carbonyl (C=O) groups is 1. The SMILES string of the molecule is NC1CCC(CC(C(=O)O)c2cn(Cc3cnc(C4CC4)s3)cn2)CC1. The Balaban J connectivity index is 1.41. The zero-order valence-electron chi connectivity index (χ0n) is 14.9. The summed E-state index contributed by atoms with van der Waals surface area (Å²) in [6.45, 7) is 0.710. The first-order chi connectivity index (χ1) is 12.6. The molecule has 7 heteroatoms. The van der Waals surface area contributed by atoms with Crippen molar-refractivity contribution in [2.75, 3.05) is 0 Å². The van der Waals surface area contributed by atoms with Crippen LogP contribution in [0.5, 0.6) is 0 Å². The van der Waals surface area contributed by atoms with E-state index in [1.807, 2.05) is 17.0 Å². The highest BCUT2D eigenvalue weighted by atomic mass is 32.1. The molecule has 0 aliphatic heterocycles. The van der Waals surface area contributed by atoms with Crippen molar-refractivity contribution in [1.82, 2.24) is 14.5 Å². The fraction of sp³-hybridized carbons (Fsp3) is 0.632. The van der Waals surface area contributed by atoms with E-state index in [-0.39, 0.29) is 6.04 Å². The largest absolute Gasteiger partial charge is 0.481 e. The first-order valence-electron chi connectivity index (χ1n) is 9.53. The average Bonchev–Trinajstić information content (AvgIpc) is 3.20. The lowest BCUT2D eigenvalue weighted by Gasteiger charge is -2.27. The van der Waals surface area contributed by atoms with Crippen LogP contribution in [0.25, 0.3) is 0 Å². The number of nitrogens with zero attached hydrogens (tertiary/aromatic N) is 3. The van der Waals surface area contributed by atoms with E-state index in [1.54, 1.807) is 17.7 Å². The Hall–Kier alpha value is -1.73. The summed E-state index contributed by atoms with van der Waals surface area (Å²) in [4.78, 5) is 21.9. The smallest absolute Gasteiger partial charge is 0.312 e. The summed E-state index contributed by atoms with van der Waals surface area (Å²) in [7, 11) is 0. The molecule has 1 unspecified atom stereocenters. The summed E-state index contributed by atoms with van der Waals surface area (Å²) in [6.07, 6.45) is 12.8. The number of hydrogen-bond acceptors (Lipinski definition) is 5. The number of imidazole rings is 1. The van der Waals surface area contributed by atoms with Crippen LogP contribution < -0.4 is 5.73 Å². The Morgan fingerprint density at radius 3 is 2.73 bits per heavy atom. The number of hydrogen-bond donors (Lipinski definition) is 2. The van der Waals surface area contributed by atoms with E-state index in [9.17, 15) is 9.90 Å². The van der Waals surface area contributed by atoms with Crippen LogP contribution in [0.2, 0.25) is 0 Å². The minimum atomic E-state index is -0.779. The molecule has 2 saturated carbocycles. The topological polar surface area (TPSA) is 94.0 Å². The maximum Gasteiger partial charge on any atom is 0.312 e. The zero-order valence-corrected chi connectivity index (χ0v) is 15.7. The maximum absolute atomic E-state index is 11.8. The predicted octanol–water partition coefficient (Wildman–Crippen LogP) is 3.34. The summed E-state index contributed by atoms with van der Waals surface area (Å²) in [5.74, 6) is -0.200. The predicted molar refractivity (Wildman–Crippen MR) is 100 cm³/mol. The van der Waals surface area contributed by atoms with Gasteiger partial charge in [0.1, 0.15) is 5.92 Å². The Labute approximate surface area is 157 Å². The van der Waals surface area contributed by atoms with Gasteiger partial charge in [-0.25, -0.2) is 9.97 Å². The van der Waals surface area contributed by atoms with Crippen molar-refractivity contribution in [2.45, 2.75) is 69.4 Å². The normalized spacial score (nSPS) is 24.5. The van der Waals surface area contributed by atoms with Gasteiger partial charge in [0.05, 0.1) is 23.6 Å². The number of aromatic nitrogens is 3. The van der Waals surface area contributed by atoms with Crippen molar-refractivity contribution in [1.29, 1.82) is 0 Å². The molecule has 0 radical (unpaired) electrons. The van der Waals surface area contributed by atoms with Gasteiger partial charge >= 0.3 is 5.97 Å². The molecule has 2 aromatic rings. The van der Waals surface area contributed by atoms with Crippen LogP contribution in [-0.4, -0.2) is 31.7 Å². The first-order valence-corrected chi connectivity index (χ1v) is 10.3. The molecule has 0 aromatic carbocycles. The van der Waals surface area contributed by atoms with Crippen molar-refractivity contribution < 1.29 is 9.90 Å². The Bertz CT molecular complexity index is 759. The standard InChI is InChI=1S/C19H26N4O2S/c20-14-5-1-12(2-6-14)7-16(19(24)25)17-10-23(11-22-17)9-15-8-21-18(26-15)13-3-4-13/h8,10-14,16H,1-7,9,20H2,(H,24,25). The van der Waals surface area contributed by atoms with E-state index < -0.39 is 11.9 Å². The molecule has 1 atom stereocenters. The van der Waals surface area contributed by atoms with Gasteiger partial charge in [-0.15, -0.1) is 11.3 Å². The molecule has 2 aromatic heterocycles. The third-order valence-corrected chi connectivity index (χ3v) is 6.75. The van der Waals surface area contributed by atoms with E-state index in [0.717, 1.165) is 25.7 Å². The van der Waals surface area contributed by atoms with Crippen molar-refractivity contribution in [2.24, 2.45) is 11.7 Å². The number of rotatable bonds is 7. The lowest BCUT2D eigenvalue weighted by atomic mass is 9.80. The van der Waals surface area contributed by atoms with Crippen molar-refractivity contribution in [3.05, 3.63) is 34.3 Å². The molecular formula is C19H26N4O2S. The van der Waals surface area contributed by atoms with Crippen LogP contribution in [0.15, 0.2) is 18.7 Å². The molecular weight excluding hydrogens is 348 g/mol. The zero-order chi connectivity index (χ0) is 18.1. The number of carboxylic acid groups (broad SMARTS) is 1. The van der Waals surface area contributed by atoms with Gasteiger partial charge in [-0.05, 0) is 50.9 Å². The summed E-state index contributed by atoms with van der Waals surface area (Å²) in [5.41, 5.74) is 6.63. The monoisotopic (exact) mass is 374 g/mol. The molecule has 2 heterocycles. The van der Waals surface area contributed by atoms with Gasteiger partial charge in [0.2, 0.25) is 0 Å². The lowest BCUT2D eigenvalue weighted by Crippen LogP contribution is -2.28. The summed E-state index contributed by atoms with van der Waals surface area (Å²) in [5, 5.41) is 10.9. The fourth-order valence-electron chi connectivity index (χ4n) is 3.84. The van der Waals surface area contributed by atoms with Crippen molar-refractivity contribution >= 4 is 17.3 Å². The molecule has 0 spiro atoms. The Morgan fingerprint density at radius 1 is 1.27 bits per heavy atom. The minimum absolute atomic E-state index is 0.286. The van der Waals surface area contributed by atoms with Gasteiger partial charge in [-0.1, -0.05) is 0 Å². The maximum atomic E-state index is 11.8. The second-order valence-corrected chi connectivity index (χ2v) is 8.96. The molecule has 2 aliphatic rings. The van der Waals surface area contributed by atoms with Gasteiger partial charge in [0.15, 0.2) is 0 Å². The van der Waals surface area contributed by atoms with Crippen molar-refractivity contribution in [3.63, 3.8) is 0 Å². The third-order valence-electron chi connectivity index (χ3n) is 5.61. The van der Waals surface area contributed by atoms with Gasteiger partial charge in [0, 0.05) is 29.2 Å². The number of thiazole rings is 1. The second kappa shape index (κ2) is 7.48. The first kappa shape index (κ1) is 17.7. The molecule has 0 saturated heterocycles. The van der Waals surface area contributed by atoms with Crippen LogP contribution in [0.4, 0.5) is 0 Å². The molecule has 2 fully saturated rings. The highest BCUT2D eigenvalue weighted by Crippen LogP contribution is 2.41. The molecule has 0 bridgehead atoms. The average molecular weight is 375 g/mol. The molecule has 0 amide bonds. The molecule has 3 N–H and O–H groups in total. The minimum Gasteiger partial charge on any atom is -0.481 e. The molecule has 140 valence electrons. The highest BCUT2D eigenvalue weighted by molar-refractivity contribution is 7.11. The summed E-state index contributed by atoms with van der Waals surface area (Å²) < 4.78 is 1.98. The Morgan fingerprint density at radius 2 is 2.04 bits per heavy atom. The van der Waals surface area contributed by atoms with Gasteiger partial charge < -0.3 is 15.4 Å². The number of carboxylic acids is 1. The number of aliphatic carboxylic acids is 1. The highest BCUT2D eigenvalue weighted by Gasteiger charge is 2.29. The van der Waals surface area contributed by atoms with Gasteiger partial charge in [-0.2, -0.15) is 0 Å². The fourth-order valence-corrected chi connectivity index (χ4v) is 4.94. The van der Waals surface area contributed by atoms with Crippen LogP contribution in [0, 0.1) is 5.92 Å². The third kappa shape index (κ3) is 4.15. The summed E-state index contributed by atoms with van der Waals surface area (Å²) in [6, 6.07) is 0.286. The van der Waals surface area contributed by atoms with E-state index >= 15 is 0 Å². The molecule has 2 aliphatic carbocycles. The lowest BCUT2D eigenvalue weighted by molar-refractivity contribution is -0.139. The molecule has 6 nitrogen and oxygen atoms in total. The molecule has 26 heavy (non-hydrogen) atoms. The molecule has 4 rings (SSSR count). The van der Waals surface area contributed by atoms with E-state index in [2.05, 4.69) is 9.97 Å². The number of nitrogens with two attached hydrogens (primary N) is 1. The van der Waals surface area contributed by atoms with E-state index in [0.29, 0.717) is 30.5 Å². The van der Waals surface area contributed by atoms with Crippen LogP contribution in [-0.2, 0) is 11.3 Å². The Kier molecular flexibility index (Phi) is 5.09. The van der Waals surface area contributed by atoms with Gasteiger partial charge in [0.25, 0.3) is 0 Å². The van der Waals surface area contributed by atoms with Crippen LogP contribution in [0.1, 0.15) is 72.4 Å². The van der Waals surface area contributed by atoms with E-state index in [4.69, 9.17) is 5.73 Å². The van der Waals surface area contributed by atoms with Gasteiger partial charge in [-0.3, -0.25) is 4.79 Å². The van der Waals surface area contributed by atoms with Crippen molar-refractivity contribution in [3.8, 4) is 0 Å².